The largest absolute Gasteiger partial charge is 0.457 e. The van der Waals surface area contributed by atoms with Crippen LogP contribution in [0.2, 0.25) is 0 Å². The first-order valence-corrected chi connectivity index (χ1v) is 5.80. The van der Waals surface area contributed by atoms with Crippen molar-refractivity contribution >= 4 is 0 Å². The molecule has 0 aliphatic rings. The summed E-state index contributed by atoms with van der Waals surface area (Å²) in [6.45, 7) is 0. The molecular formula is C15H10N3O. The monoisotopic (exact) mass is 248 g/mol. The van der Waals surface area contributed by atoms with Gasteiger partial charge in [0.2, 0.25) is 6.33 Å². The minimum absolute atomic E-state index is 0.598. The lowest BCUT2D eigenvalue weighted by molar-refractivity contribution is 0.483. The molecule has 0 aliphatic heterocycles. The number of aromatic nitrogens is 3. The van der Waals surface area contributed by atoms with Gasteiger partial charge in [0.05, 0.1) is 0 Å². The Labute approximate surface area is 110 Å². The summed E-state index contributed by atoms with van der Waals surface area (Å²) < 4.78 is 5.71. The summed E-state index contributed by atoms with van der Waals surface area (Å²) in [5.41, 5.74) is 0.902. The molecule has 0 unspecified atom stereocenters. The maximum atomic E-state index is 5.71. The second-order valence-corrected chi connectivity index (χ2v) is 3.85. The summed E-state index contributed by atoms with van der Waals surface area (Å²) in [6, 6.07) is 17.2. The fourth-order valence-corrected chi connectivity index (χ4v) is 1.65. The fourth-order valence-electron chi connectivity index (χ4n) is 1.65. The first-order chi connectivity index (χ1) is 9.42. The third-order valence-electron chi connectivity index (χ3n) is 2.54. The molecular weight excluding hydrogens is 238 g/mol. The highest BCUT2D eigenvalue weighted by molar-refractivity contribution is 5.55. The molecule has 0 aliphatic carbocycles. The maximum Gasteiger partial charge on any atom is 0.201 e. The van der Waals surface area contributed by atoms with Gasteiger partial charge >= 0.3 is 0 Å². The van der Waals surface area contributed by atoms with Crippen LogP contribution in [0.5, 0.6) is 11.5 Å². The van der Waals surface area contributed by atoms with Crippen LogP contribution in [0.3, 0.4) is 0 Å². The second-order valence-electron chi connectivity index (χ2n) is 3.85. The van der Waals surface area contributed by atoms with Crippen molar-refractivity contribution in [2.75, 3.05) is 0 Å². The van der Waals surface area contributed by atoms with Crippen LogP contribution in [-0.2, 0) is 0 Å². The van der Waals surface area contributed by atoms with Crippen molar-refractivity contribution in [2.45, 2.75) is 0 Å². The van der Waals surface area contributed by atoms with Crippen LogP contribution in [-0.4, -0.2) is 15.0 Å². The zero-order chi connectivity index (χ0) is 12.9. The number of ether oxygens (including phenoxy) is 1. The summed E-state index contributed by atoms with van der Waals surface area (Å²) in [5.74, 6) is 2.18. The van der Waals surface area contributed by atoms with Gasteiger partial charge in [0, 0.05) is 5.56 Å². The normalized spacial score (nSPS) is 10.1. The van der Waals surface area contributed by atoms with Crippen molar-refractivity contribution in [2.24, 2.45) is 0 Å². The van der Waals surface area contributed by atoms with Crippen LogP contribution in [0.1, 0.15) is 0 Å². The Bertz CT molecular complexity index is 639. The molecule has 0 fully saturated rings. The SMILES string of the molecule is [c]1ncnc(-c2ccc(Oc3ccccc3)cc2)n1. The van der Waals surface area contributed by atoms with Crippen molar-refractivity contribution in [3.8, 4) is 22.9 Å². The van der Waals surface area contributed by atoms with E-state index in [9.17, 15) is 0 Å². The number of para-hydroxylation sites is 1. The molecule has 3 aromatic rings. The molecule has 0 amide bonds. The van der Waals surface area contributed by atoms with Crippen molar-refractivity contribution < 1.29 is 4.74 Å². The van der Waals surface area contributed by atoms with Crippen LogP contribution < -0.4 is 4.74 Å². The number of hydrogen-bond acceptors (Lipinski definition) is 4. The molecule has 1 radical (unpaired) electrons. The Kier molecular flexibility index (Phi) is 3.14. The zero-order valence-electron chi connectivity index (χ0n) is 10.0. The van der Waals surface area contributed by atoms with E-state index >= 15 is 0 Å². The van der Waals surface area contributed by atoms with Crippen LogP contribution >= 0.6 is 0 Å². The van der Waals surface area contributed by atoms with Gasteiger partial charge in [-0.3, -0.25) is 0 Å². The second kappa shape index (κ2) is 5.27. The summed E-state index contributed by atoms with van der Waals surface area (Å²) in [6.07, 6.45) is 3.95. The standard InChI is InChI=1S/C15H10N3O/c1-2-4-13(5-3-1)19-14-8-6-12(7-9-14)15-17-10-16-11-18-15/h1-10H. The first kappa shape index (κ1) is 11.3. The van der Waals surface area contributed by atoms with Gasteiger partial charge in [-0.2, -0.15) is 0 Å². The molecule has 4 nitrogen and oxygen atoms in total. The van der Waals surface area contributed by atoms with Crippen LogP contribution in [0.4, 0.5) is 0 Å². The maximum absolute atomic E-state index is 5.71. The predicted molar refractivity (Wildman–Crippen MR) is 70.6 cm³/mol. The number of hydrogen-bond donors (Lipinski definition) is 0. The number of rotatable bonds is 3. The van der Waals surface area contributed by atoms with Crippen molar-refractivity contribution in [1.82, 2.24) is 15.0 Å². The van der Waals surface area contributed by atoms with E-state index in [0.717, 1.165) is 17.1 Å². The average Bonchev–Trinajstić information content (AvgIpc) is 2.50. The van der Waals surface area contributed by atoms with Gasteiger partial charge in [-0.15, -0.1) is 0 Å². The number of benzene rings is 2. The minimum atomic E-state index is 0.598. The van der Waals surface area contributed by atoms with Crippen LogP contribution in [0.15, 0.2) is 60.9 Å². The van der Waals surface area contributed by atoms with E-state index < -0.39 is 0 Å². The Morgan fingerprint density at radius 1 is 0.842 bits per heavy atom. The van der Waals surface area contributed by atoms with Gasteiger partial charge in [0.1, 0.15) is 17.8 Å². The van der Waals surface area contributed by atoms with E-state index in [-0.39, 0.29) is 0 Å². The molecule has 3 rings (SSSR count). The molecule has 2 aromatic carbocycles. The molecule has 0 saturated heterocycles. The zero-order valence-corrected chi connectivity index (χ0v) is 10.0. The van der Waals surface area contributed by atoms with E-state index in [4.69, 9.17) is 4.74 Å². The van der Waals surface area contributed by atoms with Gasteiger partial charge in [0.15, 0.2) is 5.82 Å². The van der Waals surface area contributed by atoms with Gasteiger partial charge in [-0.25, -0.2) is 15.0 Å². The quantitative estimate of drug-likeness (QED) is 0.714. The predicted octanol–water partition coefficient (Wildman–Crippen LogP) is 3.13. The minimum Gasteiger partial charge on any atom is -0.457 e. The lowest BCUT2D eigenvalue weighted by Crippen LogP contribution is -1.89. The smallest absolute Gasteiger partial charge is 0.201 e. The summed E-state index contributed by atoms with van der Waals surface area (Å²) in [4.78, 5) is 11.7. The fraction of sp³-hybridized carbons (Fsp3) is 0. The summed E-state index contributed by atoms with van der Waals surface area (Å²) in [7, 11) is 0. The van der Waals surface area contributed by atoms with Gasteiger partial charge in [-0.1, -0.05) is 18.2 Å². The molecule has 91 valence electrons. The van der Waals surface area contributed by atoms with Crippen LogP contribution in [0, 0.1) is 6.33 Å². The molecule has 0 spiro atoms. The van der Waals surface area contributed by atoms with Crippen molar-refractivity contribution in [3.05, 3.63) is 67.3 Å². The molecule has 0 atom stereocenters. The average molecular weight is 248 g/mol. The highest BCUT2D eigenvalue weighted by Crippen LogP contribution is 2.23. The van der Waals surface area contributed by atoms with E-state index in [1.54, 1.807) is 0 Å². The number of nitrogens with zero attached hydrogens (tertiary/aromatic N) is 3. The van der Waals surface area contributed by atoms with Gasteiger partial charge < -0.3 is 4.74 Å². The van der Waals surface area contributed by atoms with Crippen molar-refractivity contribution in [3.63, 3.8) is 0 Å². The Balaban J connectivity index is 1.80. The third kappa shape index (κ3) is 2.74. The van der Waals surface area contributed by atoms with Gasteiger partial charge in [-0.05, 0) is 36.4 Å². The molecule has 19 heavy (non-hydrogen) atoms. The molecule has 1 heterocycles. The summed E-state index contributed by atoms with van der Waals surface area (Å²) >= 11 is 0. The van der Waals surface area contributed by atoms with Gasteiger partial charge in [0.25, 0.3) is 0 Å². The van der Waals surface area contributed by atoms with E-state index in [1.165, 1.54) is 6.33 Å². The Morgan fingerprint density at radius 3 is 2.26 bits per heavy atom. The third-order valence-corrected chi connectivity index (χ3v) is 2.54. The summed E-state index contributed by atoms with van der Waals surface area (Å²) in [5, 5.41) is 0. The lowest BCUT2D eigenvalue weighted by Gasteiger charge is -2.05. The molecule has 0 N–H and O–H groups in total. The highest BCUT2D eigenvalue weighted by atomic mass is 16.5. The first-order valence-electron chi connectivity index (χ1n) is 5.80. The van der Waals surface area contributed by atoms with E-state index in [0.29, 0.717) is 5.82 Å². The van der Waals surface area contributed by atoms with E-state index in [2.05, 4.69) is 21.3 Å². The Morgan fingerprint density at radius 2 is 1.58 bits per heavy atom. The van der Waals surface area contributed by atoms with E-state index in [1.807, 2.05) is 54.6 Å². The molecule has 0 saturated carbocycles. The molecule has 0 bridgehead atoms. The Hall–Kier alpha value is -2.75. The van der Waals surface area contributed by atoms with Crippen LogP contribution in [0.25, 0.3) is 11.4 Å². The molecule has 4 heteroatoms. The molecule has 1 aromatic heterocycles. The highest BCUT2D eigenvalue weighted by Gasteiger charge is 2.01. The topological polar surface area (TPSA) is 47.9 Å². The lowest BCUT2D eigenvalue weighted by atomic mass is 10.2. The van der Waals surface area contributed by atoms with Crippen molar-refractivity contribution in [1.29, 1.82) is 0 Å².